The first-order valence-corrected chi connectivity index (χ1v) is 6.78. The molecule has 5 nitrogen and oxygen atoms in total. The van der Waals surface area contributed by atoms with Crippen molar-refractivity contribution in [3.05, 3.63) is 27.1 Å². The quantitative estimate of drug-likeness (QED) is 0.844. The van der Waals surface area contributed by atoms with Gasteiger partial charge in [-0.05, 0) is 28.9 Å². The van der Waals surface area contributed by atoms with E-state index >= 15 is 0 Å². The van der Waals surface area contributed by atoms with Crippen LogP contribution >= 0.6 is 15.9 Å². The molecule has 1 aromatic heterocycles. The van der Waals surface area contributed by atoms with Gasteiger partial charge in [0.15, 0.2) is 0 Å². The molecule has 0 bridgehead atoms. The normalized spacial score (nSPS) is 26.1. The molecular formula is C12H15BrN2O3. The van der Waals surface area contributed by atoms with Crippen molar-refractivity contribution >= 4 is 21.6 Å². The number of rotatable bonds is 1. The molecule has 2 fully saturated rings. The van der Waals surface area contributed by atoms with Gasteiger partial charge in [0.2, 0.25) is 0 Å². The molecule has 6 heteroatoms. The lowest BCUT2D eigenvalue weighted by molar-refractivity contribution is -0.228. The minimum absolute atomic E-state index is 0.0673. The molecule has 0 aliphatic carbocycles. The molecule has 1 spiro atoms. The minimum atomic E-state index is -0.243. The highest BCUT2D eigenvalue weighted by atomic mass is 79.9. The van der Waals surface area contributed by atoms with Crippen LogP contribution in [0.3, 0.4) is 0 Å². The van der Waals surface area contributed by atoms with Gasteiger partial charge in [-0.3, -0.25) is 4.79 Å². The topological polar surface area (TPSA) is 54.6 Å². The Morgan fingerprint density at radius 2 is 2.33 bits per heavy atom. The Bertz CT molecular complexity index is 512. The zero-order valence-corrected chi connectivity index (χ0v) is 11.7. The van der Waals surface area contributed by atoms with Crippen molar-refractivity contribution in [3.63, 3.8) is 0 Å². The summed E-state index contributed by atoms with van der Waals surface area (Å²) in [5.41, 5.74) is 0.376. The molecule has 0 saturated carbocycles. The highest BCUT2D eigenvalue weighted by molar-refractivity contribution is 9.10. The summed E-state index contributed by atoms with van der Waals surface area (Å²) in [5.74, 6) is 0. The van der Waals surface area contributed by atoms with Crippen molar-refractivity contribution in [2.45, 2.75) is 18.6 Å². The Morgan fingerprint density at radius 3 is 3.00 bits per heavy atom. The van der Waals surface area contributed by atoms with Crippen LogP contribution in [0.15, 0.2) is 21.5 Å². The maximum absolute atomic E-state index is 11.9. The van der Waals surface area contributed by atoms with E-state index in [1.54, 1.807) is 6.20 Å². The predicted octanol–water partition coefficient (Wildman–Crippen LogP) is 1.13. The number of H-pyrrole nitrogens is 1. The molecule has 1 atom stereocenters. The second-order valence-electron chi connectivity index (χ2n) is 4.81. The summed E-state index contributed by atoms with van der Waals surface area (Å²) in [6, 6.07) is 1.99. The second kappa shape index (κ2) is 4.36. The van der Waals surface area contributed by atoms with Gasteiger partial charge in [0.1, 0.15) is 11.3 Å². The molecule has 0 radical (unpaired) electrons. The number of aromatic nitrogens is 1. The van der Waals surface area contributed by atoms with Crippen molar-refractivity contribution < 1.29 is 9.47 Å². The Morgan fingerprint density at radius 1 is 1.56 bits per heavy atom. The van der Waals surface area contributed by atoms with E-state index < -0.39 is 0 Å². The fraction of sp³-hybridized carbons (Fsp3) is 0.583. The average Bonchev–Trinajstić information content (AvgIpc) is 2.31. The highest BCUT2D eigenvalue weighted by Crippen LogP contribution is 2.34. The monoisotopic (exact) mass is 314 g/mol. The Labute approximate surface area is 113 Å². The molecular weight excluding hydrogens is 300 g/mol. The third-order valence-corrected chi connectivity index (χ3v) is 4.26. The van der Waals surface area contributed by atoms with Crippen molar-refractivity contribution in [2.24, 2.45) is 0 Å². The predicted molar refractivity (Wildman–Crippen MR) is 71.1 cm³/mol. The van der Waals surface area contributed by atoms with Crippen LogP contribution in [-0.4, -0.2) is 43.0 Å². The van der Waals surface area contributed by atoms with Gasteiger partial charge in [0, 0.05) is 17.2 Å². The van der Waals surface area contributed by atoms with Crippen molar-refractivity contribution in [1.82, 2.24) is 4.98 Å². The van der Waals surface area contributed by atoms with Crippen LogP contribution in [0.5, 0.6) is 0 Å². The van der Waals surface area contributed by atoms with Crippen LogP contribution in [-0.2, 0) is 9.47 Å². The zero-order valence-electron chi connectivity index (χ0n) is 10.1. The molecule has 2 aliphatic heterocycles. The van der Waals surface area contributed by atoms with Crippen LogP contribution in [0.2, 0.25) is 0 Å². The molecule has 3 rings (SSSR count). The Balaban J connectivity index is 1.95. The van der Waals surface area contributed by atoms with Crippen LogP contribution in [0.4, 0.5) is 5.69 Å². The molecule has 0 aromatic carbocycles. The maximum atomic E-state index is 11.9. The van der Waals surface area contributed by atoms with Crippen molar-refractivity contribution in [2.75, 3.05) is 31.3 Å². The van der Waals surface area contributed by atoms with E-state index in [4.69, 9.17) is 9.47 Å². The van der Waals surface area contributed by atoms with E-state index in [1.807, 2.05) is 6.07 Å². The van der Waals surface area contributed by atoms with Crippen LogP contribution in [0, 0.1) is 0 Å². The summed E-state index contributed by atoms with van der Waals surface area (Å²) >= 11 is 3.39. The molecule has 2 saturated heterocycles. The average molecular weight is 315 g/mol. The molecule has 1 N–H and O–H groups in total. The largest absolute Gasteiger partial charge is 0.375 e. The van der Waals surface area contributed by atoms with Gasteiger partial charge >= 0.3 is 0 Å². The summed E-state index contributed by atoms with van der Waals surface area (Å²) < 4.78 is 12.0. The maximum Gasteiger partial charge on any atom is 0.271 e. The van der Waals surface area contributed by atoms with E-state index in [9.17, 15) is 4.79 Å². The lowest BCUT2D eigenvalue weighted by atomic mass is 9.90. The SMILES string of the molecule is C[C@@H]1N(c2cc(Br)c[nH]c2=O)CCOC12COC2. The number of hydrogen-bond donors (Lipinski definition) is 1. The number of nitrogens with zero attached hydrogens (tertiary/aromatic N) is 1. The lowest BCUT2D eigenvalue weighted by Crippen LogP contribution is -2.68. The molecule has 18 heavy (non-hydrogen) atoms. The number of halogens is 1. The summed E-state index contributed by atoms with van der Waals surface area (Å²) in [4.78, 5) is 16.8. The Kier molecular flexibility index (Phi) is 2.96. The van der Waals surface area contributed by atoms with E-state index in [2.05, 4.69) is 32.7 Å². The third-order valence-electron chi connectivity index (χ3n) is 3.80. The van der Waals surface area contributed by atoms with Crippen molar-refractivity contribution in [3.8, 4) is 0 Å². The molecule has 3 heterocycles. The first-order valence-electron chi connectivity index (χ1n) is 5.99. The molecule has 0 unspecified atom stereocenters. The third kappa shape index (κ3) is 1.79. The van der Waals surface area contributed by atoms with Crippen molar-refractivity contribution in [1.29, 1.82) is 0 Å². The second-order valence-corrected chi connectivity index (χ2v) is 5.72. The van der Waals surface area contributed by atoms with Gasteiger partial charge in [-0.25, -0.2) is 0 Å². The number of aromatic amines is 1. The van der Waals surface area contributed by atoms with Gasteiger partial charge < -0.3 is 19.4 Å². The Hall–Kier alpha value is -0.850. The minimum Gasteiger partial charge on any atom is -0.375 e. The lowest BCUT2D eigenvalue weighted by Gasteiger charge is -2.53. The van der Waals surface area contributed by atoms with Gasteiger partial charge in [0.25, 0.3) is 5.56 Å². The highest BCUT2D eigenvalue weighted by Gasteiger charge is 2.50. The van der Waals surface area contributed by atoms with Gasteiger partial charge in [0.05, 0.1) is 25.9 Å². The standard InChI is InChI=1S/C12H15BrN2O3/c1-8-12(6-17-7-12)18-3-2-15(8)10-4-9(13)5-14-11(10)16/h4-5,8H,2-3,6-7H2,1H3,(H,14,16)/t8-/m0/s1. The number of nitrogens with one attached hydrogen (secondary N) is 1. The van der Waals surface area contributed by atoms with E-state index in [1.165, 1.54) is 0 Å². The molecule has 0 amide bonds. The van der Waals surface area contributed by atoms with Crippen LogP contribution < -0.4 is 10.5 Å². The summed E-state index contributed by atoms with van der Waals surface area (Å²) in [6.07, 6.45) is 1.65. The molecule has 2 aliphatic rings. The number of morpholine rings is 1. The summed E-state index contributed by atoms with van der Waals surface area (Å²) in [5, 5.41) is 0. The number of hydrogen-bond acceptors (Lipinski definition) is 4. The van der Waals surface area contributed by atoms with Crippen LogP contribution in [0.25, 0.3) is 0 Å². The van der Waals surface area contributed by atoms with Gasteiger partial charge in [-0.15, -0.1) is 0 Å². The first kappa shape index (κ1) is 12.2. The number of anilines is 1. The van der Waals surface area contributed by atoms with Gasteiger partial charge in [-0.1, -0.05) is 0 Å². The van der Waals surface area contributed by atoms with E-state index in [-0.39, 0.29) is 17.2 Å². The molecule has 1 aromatic rings. The van der Waals surface area contributed by atoms with E-state index in [0.29, 0.717) is 25.5 Å². The number of pyridine rings is 1. The number of ether oxygens (including phenoxy) is 2. The zero-order chi connectivity index (χ0) is 12.8. The summed E-state index contributed by atoms with van der Waals surface area (Å²) in [6.45, 7) is 4.65. The van der Waals surface area contributed by atoms with Crippen LogP contribution in [0.1, 0.15) is 6.92 Å². The fourth-order valence-electron chi connectivity index (χ4n) is 2.56. The first-order chi connectivity index (χ1) is 8.62. The fourth-order valence-corrected chi connectivity index (χ4v) is 2.89. The van der Waals surface area contributed by atoms with Gasteiger partial charge in [-0.2, -0.15) is 0 Å². The summed E-state index contributed by atoms with van der Waals surface area (Å²) in [7, 11) is 0. The molecule has 98 valence electrons. The smallest absolute Gasteiger partial charge is 0.271 e. The van der Waals surface area contributed by atoms with E-state index in [0.717, 1.165) is 11.0 Å².